The van der Waals surface area contributed by atoms with Gasteiger partial charge in [-0.15, -0.1) is 0 Å². The molecule has 28 heavy (non-hydrogen) atoms. The highest BCUT2D eigenvalue weighted by Crippen LogP contribution is 2.23. The van der Waals surface area contributed by atoms with Crippen molar-refractivity contribution in [3.05, 3.63) is 54.6 Å². The van der Waals surface area contributed by atoms with Crippen LogP contribution in [-0.4, -0.2) is 67.1 Å². The van der Waals surface area contributed by atoms with Crippen LogP contribution in [0, 0.1) is 0 Å². The number of benzene rings is 2. The Hall–Kier alpha value is -2.37. The Bertz CT molecular complexity index is 772. The fourth-order valence-corrected chi connectivity index (χ4v) is 4.16. The Morgan fingerprint density at radius 2 is 1.68 bits per heavy atom. The molecular formula is C23H29N3O2. The maximum Gasteiger partial charge on any atom is 0.263 e. The summed E-state index contributed by atoms with van der Waals surface area (Å²) in [6, 6.07) is 18.7. The minimum atomic E-state index is -0.468. The molecule has 4 rings (SSSR count). The highest BCUT2D eigenvalue weighted by molar-refractivity contribution is 5.81. The first-order chi connectivity index (χ1) is 13.7. The van der Waals surface area contributed by atoms with E-state index in [9.17, 15) is 4.79 Å². The minimum absolute atomic E-state index is 0.0878. The molecule has 0 saturated carbocycles. The number of carbonyl (C=O) groups is 1. The SMILES string of the molecule is CC(Oc1ccc(-c2ccccc2)cc1)C(=O)N1CCC(N2CCNCC2)C1. The van der Waals surface area contributed by atoms with Gasteiger partial charge in [0.2, 0.25) is 0 Å². The van der Waals surface area contributed by atoms with Crippen molar-refractivity contribution >= 4 is 5.91 Å². The van der Waals surface area contributed by atoms with Crippen molar-refractivity contribution < 1.29 is 9.53 Å². The molecule has 2 aliphatic rings. The number of nitrogens with zero attached hydrogens (tertiary/aromatic N) is 2. The van der Waals surface area contributed by atoms with Gasteiger partial charge in [-0.25, -0.2) is 0 Å². The molecule has 0 radical (unpaired) electrons. The first kappa shape index (κ1) is 19.0. The van der Waals surface area contributed by atoms with Gasteiger partial charge < -0.3 is 15.0 Å². The molecule has 1 N–H and O–H groups in total. The van der Waals surface area contributed by atoms with Gasteiger partial charge in [0.1, 0.15) is 5.75 Å². The Kier molecular flexibility index (Phi) is 5.93. The average molecular weight is 380 g/mol. The Morgan fingerprint density at radius 3 is 2.39 bits per heavy atom. The van der Waals surface area contributed by atoms with Gasteiger partial charge in [-0.3, -0.25) is 9.69 Å². The third kappa shape index (κ3) is 4.37. The molecule has 148 valence electrons. The summed E-state index contributed by atoms with van der Waals surface area (Å²) in [6.07, 6.45) is 0.592. The molecule has 2 aromatic carbocycles. The molecule has 2 aromatic rings. The van der Waals surface area contributed by atoms with E-state index in [1.54, 1.807) is 0 Å². The second-order valence-corrected chi connectivity index (χ2v) is 7.66. The van der Waals surface area contributed by atoms with Gasteiger partial charge in [-0.05, 0) is 36.6 Å². The molecule has 5 nitrogen and oxygen atoms in total. The van der Waals surface area contributed by atoms with Crippen molar-refractivity contribution in [3.8, 4) is 16.9 Å². The topological polar surface area (TPSA) is 44.8 Å². The molecule has 5 heteroatoms. The van der Waals surface area contributed by atoms with Gasteiger partial charge in [-0.1, -0.05) is 42.5 Å². The van der Waals surface area contributed by atoms with E-state index in [0.717, 1.165) is 57.0 Å². The highest BCUT2D eigenvalue weighted by atomic mass is 16.5. The summed E-state index contributed by atoms with van der Waals surface area (Å²) in [7, 11) is 0. The summed E-state index contributed by atoms with van der Waals surface area (Å²) in [5.74, 6) is 0.822. The van der Waals surface area contributed by atoms with Crippen molar-refractivity contribution in [2.45, 2.75) is 25.5 Å². The van der Waals surface area contributed by atoms with E-state index < -0.39 is 6.10 Å². The van der Waals surface area contributed by atoms with E-state index in [2.05, 4.69) is 22.3 Å². The predicted octanol–water partition coefficient (Wildman–Crippen LogP) is 2.63. The number of ether oxygens (including phenoxy) is 1. The Labute approximate surface area is 167 Å². The molecule has 2 atom stereocenters. The zero-order valence-electron chi connectivity index (χ0n) is 16.5. The number of nitrogens with one attached hydrogen (secondary N) is 1. The molecule has 2 unspecified atom stereocenters. The number of likely N-dealkylation sites (tertiary alicyclic amines) is 1. The van der Waals surface area contributed by atoms with Crippen LogP contribution < -0.4 is 10.1 Å². The molecule has 0 bridgehead atoms. The summed E-state index contributed by atoms with van der Waals surface area (Å²) in [4.78, 5) is 17.3. The fourth-order valence-electron chi connectivity index (χ4n) is 4.16. The average Bonchev–Trinajstić information content (AvgIpc) is 3.25. The van der Waals surface area contributed by atoms with Crippen molar-refractivity contribution in [1.82, 2.24) is 15.1 Å². The van der Waals surface area contributed by atoms with Crippen molar-refractivity contribution in [3.63, 3.8) is 0 Å². The van der Waals surface area contributed by atoms with E-state index in [1.807, 2.05) is 54.3 Å². The van der Waals surface area contributed by atoms with E-state index in [1.165, 1.54) is 5.56 Å². The molecule has 2 heterocycles. The van der Waals surface area contributed by atoms with Crippen LogP contribution in [0.3, 0.4) is 0 Å². The quantitative estimate of drug-likeness (QED) is 0.868. The normalized spacial score (nSPS) is 21.5. The molecule has 2 aliphatic heterocycles. The molecule has 2 fully saturated rings. The monoisotopic (exact) mass is 379 g/mol. The number of amides is 1. The smallest absolute Gasteiger partial charge is 0.263 e. The summed E-state index contributed by atoms with van der Waals surface area (Å²) >= 11 is 0. The van der Waals surface area contributed by atoms with Crippen LogP contribution >= 0.6 is 0 Å². The summed E-state index contributed by atoms with van der Waals surface area (Å²) < 4.78 is 5.95. The lowest BCUT2D eigenvalue weighted by Gasteiger charge is -2.32. The van der Waals surface area contributed by atoms with E-state index >= 15 is 0 Å². The lowest BCUT2D eigenvalue weighted by Crippen LogP contribution is -2.50. The lowest BCUT2D eigenvalue weighted by molar-refractivity contribution is -0.137. The van der Waals surface area contributed by atoms with Crippen LogP contribution in [0.5, 0.6) is 5.75 Å². The fraction of sp³-hybridized carbons (Fsp3) is 0.435. The van der Waals surface area contributed by atoms with Gasteiger partial charge in [0.05, 0.1) is 0 Å². The second kappa shape index (κ2) is 8.76. The third-order valence-electron chi connectivity index (χ3n) is 5.77. The summed E-state index contributed by atoms with van der Waals surface area (Å²) in [5.41, 5.74) is 2.32. The van der Waals surface area contributed by atoms with Crippen LogP contribution in [0.2, 0.25) is 0 Å². The molecule has 1 amide bonds. The second-order valence-electron chi connectivity index (χ2n) is 7.66. The minimum Gasteiger partial charge on any atom is -0.481 e. The summed E-state index contributed by atoms with van der Waals surface area (Å²) in [6.45, 7) is 7.74. The molecule has 0 aromatic heterocycles. The molecule has 0 spiro atoms. The van der Waals surface area contributed by atoms with Crippen LogP contribution in [0.15, 0.2) is 54.6 Å². The van der Waals surface area contributed by atoms with Gasteiger partial charge in [0, 0.05) is 45.3 Å². The first-order valence-electron chi connectivity index (χ1n) is 10.3. The van der Waals surface area contributed by atoms with Gasteiger partial charge in [-0.2, -0.15) is 0 Å². The zero-order valence-corrected chi connectivity index (χ0v) is 16.5. The lowest BCUT2D eigenvalue weighted by atomic mass is 10.1. The van der Waals surface area contributed by atoms with Gasteiger partial charge in [0.15, 0.2) is 6.10 Å². The van der Waals surface area contributed by atoms with E-state index in [-0.39, 0.29) is 5.91 Å². The Balaban J connectivity index is 1.32. The van der Waals surface area contributed by atoms with Crippen LogP contribution in [-0.2, 0) is 4.79 Å². The van der Waals surface area contributed by atoms with Crippen molar-refractivity contribution in [2.75, 3.05) is 39.3 Å². The highest BCUT2D eigenvalue weighted by Gasteiger charge is 2.33. The molecule has 2 saturated heterocycles. The standard InChI is InChI=1S/C23H29N3O2/c1-18(23(27)26-14-11-21(17-26)25-15-12-24-13-16-25)28-22-9-7-20(8-10-22)19-5-3-2-4-6-19/h2-10,18,21,24H,11-17H2,1H3. The number of hydrogen-bond donors (Lipinski definition) is 1. The van der Waals surface area contributed by atoms with Gasteiger partial charge in [0.25, 0.3) is 5.91 Å². The zero-order chi connectivity index (χ0) is 19.3. The van der Waals surface area contributed by atoms with Crippen LogP contribution in [0.1, 0.15) is 13.3 Å². The first-order valence-corrected chi connectivity index (χ1v) is 10.3. The predicted molar refractivity (Wildman–Crippen MR) is 111 cm³/mol. The number of rotatable bonds is 5. The Morgan fingerprint density at radius 1 is 1.00 bits per heavy atom. The number of piperazine rings is 1. The van der Waals surface area contributed by atoms with Gasteiger partial charge >= 0.3 is 0 Å². The molecule has 0 aliphatic carbocycles. The van der Waals surface area contributed by atoms with E-state index in [0.29, 0.717) is 6.04 Å². The summed E-state index contributed by atoms with van der Waals surface area (Å²) in [5, 5.41) is 3.39. The number of carbonyl (C=O) groups excluding carboxylic acids is 1. The van der Waals surface area contributed by atoms with Crippen LogP contribution in [0.25, 0.3) is 11.1 Å². The van der Waals surface area contributed by atoms with Crippen LogP contribution in [0.4, 0.5) is 0 Å². The maximum atomic E-state index is 12.8. The van der Waals surface area contributed by atoms with E-state index in [4.69, 9.17) is 4.74 Å². The maximum absolute atomic E-state index is 12.8. The largest absolute Gasteiger partial charge is 0.481 e. The van der Waals surface area contributed by atoms with Crippen molar-refractivity contribution in [2.24, 2.45) is 0 Å². The van der Waals surface area contributed by atoms with Crippen molar-refractivity contribution in [1.29, 1.82) is 0 Å². The molecular weight excluding hydrogens is 350 g/mol. The third-order valence-corrected chi connectivity index (χ3v) is 5.77. The number of hydrogen-bond acceptors (Lipinski definition) is 4.